The number of piperidine rings is 1. The van der Waals surface area contributed by atoms with Crippen molar-refractivity contribution >= 4 is 21.7 Å². The summed E-state index contributed by atoms with van der Waals surface area (Å²) in [7, 11) is 0. The molecule has 88 valence electrons. The highest BCUT2D eigenvalue weighted by atomic mass is 79.9. The van der Waals surface area contributed by atoms with Crippen molar-refractivity contribution in [2.75, 3.05) is 18.0 Å². The van der Waals surface area contributed by atoms with Crippen molar-refractivity contribution in [3.63, 3.8) is 0 Å². The Morgan fingerprint density at radius 2 is 2.19 bits per heavy atom. The summed E-state index contributed by atoms with van der Waals surface area (Å²) < 4.78 is 0.936. The van der Waals surface area contributed by atoms with E-state index in [0.29, 0.717) is 5.92 Å². The second kappa shape index (κ2) is 5.10. The molecule has 0 bridgehead atoms. The van der Waals surface area contributed by atoms with Crippen LogP contribution in [0.15, 0.2) is 17.0 Å². The third-order valence-corrected chi connectivity index (χ3v) is 3.73. The van der Waals surface area contributed by atoms with E-state index >= 15 is 0 Å². The van der Waals surface area contributed by atoms with Crippen LogP contribution in [0.25, 0.3) is 0 Å². The normalized spacial score (nSPS) is 19.8. The predicted octanol–water partition coefficient (Wildman–Crippen LogP) is 1.84. The maximum Gasteiger partial charge on any atom is 0.146 e. The molecule has 2 heterocycles. The first kappa shape index (κ1) is 11.8. The van der Waals surface area contributed by atoms with Crippen LogP contribution in [0.4, 0.5) is 5.82 Å². The van der Waals surface area contributed by atoms with Gasteiger partial charge in [-0.25, -0.2) is 9.97 Å². The number of aromatic nitrogens is 2. The van der Waals surface area contributed by atoms with Crippen LogP contribution in [0.5, 0.6) is 0 Å². The molecule has 1 aliphatic heterocycles. The molecule has 1 aliphatic rings. The number of aliphatic hydroxyl groups is 1. The van der Waals surface area contributed by atoms with Crippen molar-refractivity contribution in [3.8, 4) is 0 Å². The Balaban J connectivity index is 2.02. The summed E-state index contributed by atoms with van der Waals surface area (Å²) >= 11 is 3.46. The summed E-state index contributed by atoms with van der Waals surface area (Å²) in [5.74, 6) is 1.39. The Kier molecular flexibility index (Phi) is 3.76. The molecular formula is C11H16BrN3O. The van der Waals surface area contributed by atoms with E-state index in [4.69, 9.17) is 0 Å². The van der Waals surface area contributed by atoms with Gasteiger partial charge in [0.25, 0.3) is 0 Å². The second-order valence-electron chi connectivity index (χ2n) is 4.26. The van der Waals surface area contributed by atoms with Crippen LogP contribution in [-0.4, -0.2) is 34.3 Å². The van der Waals surface area contributed by atoms with Gasteiger partial charge in [-0.15, -0.1) is 0 Å². The Morgan fingerprint density at radius 1 is 1.50 bits per heavy atom. The van der Waals surface area contributed by atoms with Gasteiger partial charge in [0.1, 0.15) is 12.1 Å². The Bertz CT molecular complexity index is 351. The van der Waals surface area contributed by atoms with E-state index in [9.17, 15) is 5.11 Å². The largest absolute Gasteiger partial charge is 0.393 e. The number of hydrogen-bond donors (Lipinski definition) is 1. The molecule has 1 atom stereocenters. The predicted molar refractivity (Wildman–Crippen MR) is 66.3 cm³/mol. The second-order valence-corrected chi connectivity index (χ2v) is 5.11. The third-order valence-electron chi connectivity index (χ3n) is 3.17. The fourth-order valence-electron chi connectivity index (χ4n) is 2.13. The minimum absolute atomic E-state index is 0.198. The van der Waals surface area contributed by atoms with E-state index in [1.807, 2.05) is 6.92 Å². The lowest BCUT2D eigenvalue weighted by molar-refractivity contribution is 0.109. The van der Waals surface area contributed by atoms with Crippen LogP contribution in [0, 0.1) is 5.92 Å². The first-order chi connectivity index (χ1) is 7.68. The number of rotatable bonds is 2. The molecule has 1 saturated heterocycles. The maximum absolute atomic E-state index is 9.54. The molecule has 5 heteroatoms. The summed E-state index contributed by atoms with van der Waals surface area (Å²) in [5, 5.41) is 9.54. The van der Waals surface area contributed by atoms with Crippen molar-refractivity contribution < 1.29 is 5.11 Å². The molecule has 1 fully saturated rings. The van der Waals surface area contributed by atoms with E-state index < -0.39 is 0 Å². The molecule has 0 aliphatic carbocycles. The SMILES string of the molecule is CC(O)C1CCN(c2ncncc2Br)CC1. The molecule has 0 radical (unpaired) electrons. The average Bonchev–Trinajstić information content (AvgIpc) is 2.30. The van der Waals surface area contributed by atoms with Gasteiger partial charge in [0.05, 0.1) is 10.6 Å². The molecule has 0 aromatic carbocycles. The van der Waals surface area contributed by atoms with Gasteiger partial charge in [-0.2, -0.15) is 0 Å². The van der Waals surface area contributed by atoms with E-state index in [1.54, 1.807) is 12.5 Å². The summed E-state index contributed by atoms with van der Waals surface area (Å²) in [4.78, 5) is 10.5. The minimum atomic E-state index is -0.198. The molecule has 0 amide bonds. The standard InChI is InChI=1S/C11H16BrN3O/c1-8(16)9-2-4-15(5-3-9)11-10(12)6-13-7-14-11/h6-9,16H,2-5H2,1H3. The molecule has 1 aromatic heterocycles. The lowest BCUT2D eigenvalue weighted by Gasteiger charge is -2.34. The summed E-state index contributed by atoms with van der Waals surface area (Å²) in [6.07, 6.45) is 5.18. The maximum atomic E-state index is 9.54. The van der Waals surface area contributed by atoms with Gasteiger partial charge in [0, 0.05) is 19.3 Å². The van der Waals surface area contributed by atoms with Crippen LogP contribution in [0.2, 0.25) is 0 Å². The summed E-state index contributed by atoms with van der Waals surface area (Å²) in [6, 6.07) is 0. The molecule has 4 nitrogen and oxygen atoms in total. The molecule has 2 rings (SSSR count). The zero-order chi connectivity index (χ0) is 11.5. The monoisotopic (exact) mass is 285 g/mol. The quantitative estimate of drug-likeness (QED) is 0.901. The zero-order valence-electron chi connectivity index (χ0n) is 9.30. The van der Waals surface area contributed by atoms with Crippen molar-refractivity contribution in [2.45, 2.75) is 25.9 Å². The van der Waals surface area contributed by atoms with E-state index in [1.165, 1.54) is 0 Å². The van der Waals surface area contributed by atoms with Crippen LogP contribution >= 0.6 is 15.9 Å². The molecule has 0 saturated carbocycles. The number of nitrogens with zero attached hydrogens (tertiary/aromatic N) is 3. The highest BCUT2D eigenvalue weighted by molar-refractivity contribution is 9.10. The lowest BCUT2D eigenvalue weighted by Crippen LogP contribution is -2.37. The van der Waals surface area contributed by atoms with E-state index in [-0.39, 0.29) is 6.10 Å². The van der Waals surface area contributed by atoms with Crippen LogP contribution in [0.1, 0.15) is 19.8 Å². The van der Waals surface area contributed by atoms with Crippen molar-refractivity contribution in [2.24, 2.45) is 5.92 Å². The first-order valence-electron chi connectivity index (χ1n) is 5.57. The highest BCUT2D eigenvalue weighted by Gasteiger charge is 2.24. The van der Waals surface area contributed by atoms with Crippen LogP contribution in [-0.2, 0) is 0 Å². The third kappa shape index (κ3) is 2.52. The summed E-state index contributed by atoms with van der Waals surface area (Å²) in [5.41, 5.74) is 0. The lowest BCUT2D eigenvalue weighted by atomic mass is 9.92. The topological polar surface area (TPSA) is 49.2 Å². The van der Waals surface area contributed by atoms with Crippen LogP contribution in [0.3, 0.4) is 0 Å². The average molecular weight is 286 g/mol. The minimum Gasteiger partial charge on any atom is -0.393 e. The Labute approximate surface area is 104 Å². The molecule has 1 unspecified atom stereocenters. The molecule has 16 heavy (non-hydrogen) atoms. The van der Waals surface area contributed by atoms with Crippen molar-refractivity contribution in [1.82, 2.24) is 9.97 Å². The van der Waals surface area contributed by atoms with Gasteiger partial charge in [0.2, 0.25) is 0 Å². The molecular weight excluding hydrogens is 270 g/mol. The van der Waals surface area contributed by atoms with Gasteiger partial charge in [-0.05, 0) is 41.6 Å². The molecule has 1 N–H and O–H groups in total. The van der Waals surface area contributed by atoms with E-state index in [0.717, 1.165) is 36.2 Å². The van der Waals surface area contributed by atoms with Gasteiger partial charge in [-0.1, -0.05) is 0 Å². The van der Waals surface area contributed by atoms with Crippen LogP contribution < -0.4 is 4.90 Å². The number of aliphatic hydroxyl groups excluding tert-OH is 1. The zero-order valence-corrected chi connectivity index (χ0v) is 10.9. The first-order valence-corrected chi connectivity index (χ1v) is 6.36. The number of hydrogen-bond acceptors (Lipinski definition) is 4. The van der Waals surface area contributed by atoms with Gasteiger partial charge < -0.3 is 10.0 Å². The van der Waals surface area contributed by atoms with Gasteiger partial charge in [0.15, 0.2) is 0 Å². The number of anilines is 1. The summed E-state index contributed by atoms with van der Waals surface area (Å²) in [6.45, 7) is 3.78. The Morgan fingerprint density at radius 3 is 2.75 bits per heavy atom. The van der Waals surface area contributed by atoms with Gasteiger partial charge in [-0.3, -0.25) is 0 Å². The fraction of sp³-hybridized carbons (Fsp3) is 0.636. The fourth-order valence-corrected chi connectivity index (χ4v) is 2.60. The smallest absolute Gasteiger partial charge is 0.146 e. The number of halogens is 1. The molecule has 1 aromatic rings. The Hall–Kier alpha value is -0.680. The highest BCUT2D eigenvalue weighted by Crippen LogP contribution is 2.28. The van der Waals surface area contributed by atoms with Crippen molar-refractivity contribution in [1.29, 1.82) is 0 Å². The van der Waals surface area contributed by atoms with Crippen molar-refractivity contribution in [3.05, 3.63) is 17.0 Å². The van der Waals surface area contributed by atoms with E-state index in [2.05, 4.69) is 30.8 Å². The van der Waals surface area contributed by atoms with Gasteiger partial charge >= 0.3 is 0 Å². The molecule has 0 spiro atoms.